The van der Waals surface area contributed by atoms with Gasteiger partial charge in [0.25, 0.3) is 0 Å². The Morgan fingerprint density at radius 2 is 1.86 bits per heavy atom. The molecule has 1 aliphatic heterocycles. The van der Waals surface area contributed by atoms with Crippen LogP contribution >= 0.6 is 11.6 Å². The van der Waals surface area contributed by atoms with Crippen molar-refractivity contribution in [2.24, 2.45) is 0 Å². The van der Waals surface area contributed by atoms with Gasteiger partial charge < -0.3 is 4.90 Å². The highest BCUT2D eigenvalue weighted by Gasteiger charge is 2.23. The Morgan fingerprint density at radius 1 is 1.07 bits per heavy atom. The summed E-state index contributed by atoms with van der Waals surface area (Å²) >= 11 is 6.42. The predicted octanol–water partition coefficient (Wildman–Crippen LogP) is 3.17. The molecule has 3 aromatic heterocycles. The first-order chi connectivity index (χ1) is 13.7. The van der Waals surface area contributed by atoms with Crippen molar-refractivity contribution in [3.05, 3.63) is 58.1 Å². The summed E-state index contributed by atoms with van der Waals surface area (Å²) in [5, 5.41) is 0.421. The molecule has 0 saturated heterocycles. The number of aromatic nitrogens is 4. The fourth-order valence-electron chi connectivity index (χ4n) is 3.45. The molecule has 29 heavy (non-hydrogen) atoms. The van der Waals surface area contributed by atoms with Gasteiger partial charge in [0.2, 0.25) is 15.0 Å². The van der Waals surface area contributed by atoms with Gasteiger partial charge in [-0.1, -0.05) is 17.7 Å². The van der Waals surface area contributed by atoms with Crippen molar-refractivity contribution in [3.63, 3.8) is 0 Å². The van der Waals surface area contributed by atoms with Crippen LogP contribution < -0.4 is 4.90 Å². The van der Waals surface area contributed by atoms with Crippen LogP contribution in [0.2, 0.25) is 5.02 Å². The molecule has 0 N–H and O–H groups in total. The van der Waals surface area contributed by atoms with Crippen LogP contribution in [0.25, 0.3) is 11.3 Å². The van der Waals surface area contributed by atoms with Crippen LogP contribution in [-0.4, -0.2) is 41.2 Å². The average Bonchev–Trinajstić information content (AvgIpc) is 2.67. The maximum atomic E-state index is 11.7. The summed E-state index contributed by atoms with van der Waals surface area (Å²) in [7, 11) is -3.42. The molecule has 0 aromatic carbocycles. The number of aryl methyl sites for hydroxylation is 2. The zero-order valence-corrected chi connectivity index (χ0v) is 17.9. The smallest absolute Gasteiger partial charge is 0.246 e. The molecule has 4 heterocycles. The number of hydrogen-bond acceptors (Lipinski definition) is 7. The van der Waals surface area contributed by atoms with E-state index in [0.29, 0.717) is 24.5 Å². The summed E-state index contributed by atoms with van der Waals surface area (Å²) in [4.78, 5) is 19.4. The Balaban J connectivity index is 1.67. The Bertz CT molecular complexity index is 1210. The van der Waals surface area contributed by atoms with E-state index in [4.69, 9.17) is 11.6 Å². The minimum Gasteiger partial charge on any atom is -0.352 e. The summed E-state index contributed by atoms with van der Waals surface area (Å²) in [6, 6.07) is 4.02. The molecule has 0 saturated carbocycles. The van der Waals surface area contributed by atoms with Crippen molar-refractivity contribution in [3.8, 4) is 11.3 Å². The molecule has 150 valence electrons. The second kappa shape index (κ2) is 7.35. The van der Waals surface area contributed by atoms with Crippen molar-refractivity contribution >= 4 is 27.3 Å². The zero-order valence-electron chi connectivity index (χ0n) is 16.3. The monoisotopic (exact) mass is 429 g/mol. The van der Waals surface area contributed by atoms with Crippen LogP contribution in [0.3, 0.4) is 0 Å². The summed E-state index contributed by atoms with van der Waals surface area (Å²) < 4.78 is 23.4. The largest absolute Gasteiger partial charge is 0.352 e. The second-order valence-corrected chi connectivity index (χ2v) is 9.59. The van der Waals surface area contributed by atoms with E-state index < -0.39 is 9.84 Å². The first kappa shape index (κ1) is 19.7. The number of rotatable bonds is 3. The Kier molecular flexibility index (Phi) is 5.00. The fraction of sp³-hybridized carbons (Fsp3) is 0.300. The van der Waals surface area contributed by atoms with E-state index in [1.807, 2.05) is 26.1 Å². The normalized spacial score (nSPS) is 14.0. The van der Waals surface area contributed by atoms with Crippen LogP contribution in [0.1, 0.15) is 22.4 Å². The highest BCUT2D eigenvalue weighted by atomic mass is 35.5. The molecule has 0 fully saturated rings. The molecule has 0 atom stereocenters. The van der Waals surface area contributed by atoms with Crippen LogP contribution in [0, 0.1) is 13.8 Å². The van der Waals surface area contributed by atoms with Gasteiger partial charge in [-0.05, 0) is 31.0 Å². The third-order valence-corrected chi connectivity index (χ3v) is 6.04. The van der Waals surface area contributed by atoms with Gasteiger partial charge >= 0.3 is 0 Å². The standard InChI is InChI=1S/C20H20ClN5O2S/c1-12-6-13(2)19(23-8-12)15-7-18(22-10-16(15)21)26-5-4-17-14(11-26)9-24-20(25-17)29(3,27)28/h6-10H,4-5,11H2,1-3H3. The highest BCUT2D eigenvalue weighted by molar-refractivity contribution is 7.90. The average molecular weight is 430 g/mol. The summed E-state index contributed by atoms with van der Waals surface area (Å²) in [5.41, 5.74) is 5.48. The molecule has 0 amide bonds. The number of anilines is 1. The lowest BCUT2D eigenvalue weighted by atomic mass is 10.0. The second-order valence-electron chi connectivity index (χ2n) is 7.27. The van der Waals surface area contributed by atoms with E-state index in [9.17, 15) is 8.42 Å². The number of pyridine rings is 2. The molecule has 7 nitrogen and oxygen atoms in total. The van der Waals surface area contributed by atoms with Crippen molar-refractivity contribution < 1.29 is 8.42 Å². The Hall–Kier alpha value is -2.58. The van der Waals surface area contributed by atoms with Gasteiger partial charge in [-0.2, -0.15) is 0 Å². The first-order valence-corrected chi connectivity index (χ1v) is 11.4. The molecule has 0 spiro atoms. The number of sulfone groups is 1. The SMILES string of the molecule is Cc1cnc(-c2cc(N3CCc4nc(S(C)(=O)=O)ncc4C3)ncc2Cl)c(C)c1. The molecule has 1 aliphatic rings. The molecule has 0 bridgehead atoms. The van der Waals surface area contributed by atoms with Gasteiger partial charge in [-0.3, -0.25) is 4.98 Å². The molecule has 9 heteroatoms. The van der Waals surface area contributed by atoms with E-state index >= 15 is 0 Å². The van der Waals surface area contributed by atoms with Gasteiger partial charge in [0, 0.05) is 55.5 Å². The van der Waals surface area contributed by atoms with Crippen molar-refractivity contribution in [2.75, 3.05) is 17.7 Å². The third kappa shape index (κ3) is 3.95. The van der Waals surface area contributed by atoms with E-state index in [-0.39, 0.29) is 5.16 Å². The molecule has 4 rings (SSSR count). The predicted molar refractivity (Wildman–Crippen MR) is 112 cm³/mol. The number of nitrogens with zero attached hydrogens (tertiary/aromatic N) is 5. The lowest BCUT2D eigenvalue weighted by Crippen LogP contribution is -2.32. The van der Waals surface area contributed by atoms with Crippen LogP contribution in [0.5, 0.6) is 0 Å². The van der Waals surface area contributed by atoms with Gasteiger partial charge in [-0.25, -0.2) is 23.4 Å². The number of halogens is 1. The summed E-state index contributed by atoms with van der Waals surface area (Å²) in [6.07, 6.45) is 6.79. The first-order valence-electron chi connectivity index (χ1n) is 9.11. The van der Waals surface area contributed by atoms with Crippen LogP contribution in [0.4, 0.5) is 5.82 Å². The highest BCUT2D eigenvalue weighted by Crippen LogP contribution is 2.32. The van der Waals surface area contributed by atoms with E-state index in [1.54, 1.807) is 12.4 Å². The van der Waals surface area contributed by atoms with E-state index in [2.05, 4.69) is 30.9 Å². The molecule has 0 aliphatic carbocycles. The molecular weight excluding hydrogens is 410 g/mol. The molecule has 0 radical (unpaired) electrons. The molecular formula is C20H20ClN5O2S. The number of fused-ring (bicyclic) bond motifs is 1. The summed E-state index contributed by atoms with van der Waals surface area (Å²) in [6.45, 7) is 5.24. The van der Waals surface area contributed by atoms with Gasteiger partial charge in [0.15, 0.2) is 0 Å². The minimum atomic E-state index is -3.42. The van der Waals surface area contributed by atoms with E-state index in [1.165, 1.54) is 0 Å². The third-order valence-electron chi connectivity index (χ3n) is 4.88. The van der Waals surface area contributed by atoms with Crippen molar-refractivity contribution in [2.45, 2.75) is 32.0 Å². The van der Waals surface area contributed by atoms with Crippen LogP contribution in [0.15, 0.2) is 35.9 Å². The van der Waals surface area contributed by atoms with Gasteiger partial charge in [0.1, 0.15) is 5.82 Å². The summed E-state index contributed by atoms with van der Waals surface area (Å²) in [5.74, 6) is 0.781. The fourth-order valence-corrected chi connectivity index (χ4v) is 4.16. The molecule has 0 unspecified atom stereocenters. The van der Waals surface area contributed by atoms with Crippen LogP contribution in [-0.2, 0) is 22.8 Å². The number of hydrogen-bond donors (Lipinski definition) is 0. The minimum absolute atomic E-state index is 0.127. The lowest BCUT2D eigenvalue weighted by Gasteiger charge is -2.29. The lowest BCUT2D eigenvalue weighted by molar-refractivity contribution is 0.588. The van der Waals surface area contributed by atoms with Gasteiger partial charge in [-0.15, -0.1) is 0 Å². The zero-order chi connectivity index (χ0) is 20.8. The topological polar surface area (TPSA) is 88.9 Å². The van der Waals surface area contributed by atoms with Gasteiger partial charge in [0.05, 0.1) is 16.4 Å². The Morgan fingerprint density at radius 3 is 2.59 bits per heavy atom. The van der Waals surface area contributed by atoms with Crippen molar-refractivity contribution in [1.82, 2.24) is 19.9 Å². The maximum absolute atomic E-state index is 11.7. The van der Waals surface area contributed by atoms with Crippen molar-refractivity contribution in [1.29, 1.82) is 0 Å². The quantitative estimate of drug-likeness (QED) is 0.590. The molecule has 3 aromatic rings. The van der Waals surface area contributed by atoms with E-state index in [0.717, 1.165) is 45.7 Å². The maximum Gasteiger partial charge on any atom is 0.246 e. The Labute approximate surface area is 174 Å².